The molecule has 1 atom stereocenters. The van der Waals surface area contributed by atoms with Crippen LogP contribution < -0.4 is 10.6 Å². The average molecular weight is 339 g/mol. The number of benzene rings is 1. The summed E-state index contributed by atoms with van der Waals surface area (Å²) in [5.74, 6) is 4.81. The van der Waals surface area contributed by atoms with Gasteiger partial charge in [0.1, 0.15) is 5.02 Å². The molecule has 5 nitrogen and oxygen atoms in total. The van der Waals surface area contributed by atoms with Crippen molar-refractivity contribution in [2.45, 2.75) is 24.0 Å². The molecular weight excluding hydrogens is 320 g/mol. The molecule has 118 valence electrons. The van der Waals surface area contributed by atoms with Gasteiger partial charge in [-0.15, -0.1) is 0 Å². The lowest BCUT2D eigenvalue weighted by Crippen LogP contribution is -2.15. The van der Waals surface area contributed by atoms with E-state index in [0.717, 1.165) is 0 Å². The summed E-state index contributed by atoms with van der Waals surface area (Å²) >= 11 is 6.13. The lowest BCUT2D eigenvalue weighted by molar-refractivity contribution is 0.675. The molecule has 22 heavy (non-hydrogen) atoms. The number of hydrogen-bond acceptors (Lipinski definition) is 5. The fraction of sp³-hybridized carbons (Fsp3) is 0.267. The van der Waals surface area contributed by atoms with E-state index in [1.165, 1.54) is 6.20 Å². The maximum absolute atomic E-state index is 12.9. The third-order valence-corrected chi connectivity index (χ3v) is 6.14. The molecular formula is C15H19ClN4OS. The van der Waals surface area contributed by atoms with Crippen LogP contribution >= 0.6 is 11.6 Å². The molecule has 1 unspecified atom stereocenters. The normalized spacial score (nSPS) is 13.7. The zero-order valence-electron chi connectivity index (χ0n) is 12.8. The summed E-state index contributed by atoms with van der Waals surface area (Å²) in [5, 5.41) is 6.29. The van der Waals surface area contributed by atoms with Crippen LogP contribution in [0.1, 0.15) is 13.8 Å². The zero-order chi connectivity index (χ0) is 16.3. The second-order valence-corrected chi connectivity index (χ2v) is 8.28. The number of para-hydroxylation sites is 1. The minimum atomic E-state index is -2.42. The van der Waals surface area contributed by atoms with Gasteiger partial charge in [0.25, 0.3) is 0 Å². The van der Waals surface area contributed by atoms with Crippen LogP contribution in [0.15, 0.2) is 35.4 Å². The van der Waals surface area contributed by atoms with Crippen molar-refractivity contribution in [3.63, 3.8) is 0 Å². The van der Waals surface area contributed by atoms with E-state index in [-0.39, 0.29) is 5.25 Å². The highest BCUT2D eigenvalue weighted by Crippen LogP contribution is 2.29. The van der Waals surface area contributed by atoms with Crippen LogP contribution in [0.25, 0.3) is 0 Å². The summed E-state index contributed by atoms with van der Waals surface area (Å²) in [5.41, 5.74) is 0.679. The fourth-order valence-electron chi connectivity index (χ4n) is 1.83. The first-order valence-electron chi connectivity index (χ1n) is 6.78. The van der Waals surface area contributed by atoms with Crippen molar-refractivity contribution in [1.29, 1.82) is 0 Å². The van der Waals surface area contributed by atoms with Gasteiger partial charge in [-0.05, 0) is 18.0 Å². The van der Waals surface area contributed by atoms with Gasteiger partial charge in [-0.2, -0.15) is 4.98 Å². The Bertz CT molecular complexity index is 775. The van der Waals surface area contributed by atoms with E-state index in [2.05, 4.69) is 26.5 Å². The van der Waals surface area contributed by atoms with Crippen molar-refractivity contribution in [3.05, 3.63) is 35.5 Å². The highest BCUT2D eigenvalue weighted by atomic mass is 35.5. The van der Waals surface area contributed by atoms with Gasteiger partial charge in [-0.25, -0.2) is 4.98 Å². The molecule has 0 aliphatic heterocycles. The summed E-state index contributed by atoms with van der Waals surface area (Å²) in [6, 6.07) is 7.34. The second-order valence-electron chi connectivity index (χ2n) is 5.04. The van der Waals surface area contributed by atoms with Crippen LogP contribution in [0.4, 0.5) is 17.5 Å². The Hall–Kier alpha value is -1.79. The molecule has 0 spiro atoms. The van der Waals surface area contributed by atoms with Crippen LogP contribution in [0, 0.1) is 0 Å². The standard InChI is InChI=1S/C15H19ClN4OS/c1-10(2)22(4,21)13-8-6-5-7-12(13)19-14-11(16)9-18-15(17-3)20-14/h5-10H,4H2,1-3H3,(H2,17,18,19,20). The number of halogens is 1. The lowest BCUT2D eigenvalue weighted by atomic mass is 10.3. The van der Waals surface area contributed by atoms with Crippen molar-refractivity contribution in [3.8, 4) is 0 Å². The monoisotopic (exact) mass is 338 g/mol. The van der Waals surface area contributed by atoms with Crippen molar-refractivity contribution in [1.82, 2.24) is 9.97 Å². The molecule has 0 amide bonds. The third kappa shape index (κ3) is 3.34. The molecule has 0 aliphatic rings. The molecule has 0 saturated carbocycles. The first-order valence-corrected chi connectivity index (χ1v) is 8.95. The number of nitrogens with zero attached hydrogens (tertiary/aromatic N) is 2. The Morgan fingerprint density at radius 3 is 2.64 bits per heavy atom. The molecule has 0 fully saturated rings. The lowest BCUT2D eigenvalue weighted by Gasteiger charge is -2.18. The number of anilines is 3. The predicted molar refractivity (Wildman–Crippen MR) is 95.0 cm³/mol. The van der Waals surface area contributed by atoms with E-state index >= 15 is 0 Å². The van der Waals surface area contributed by atoms with E-state index in [9.17, 15) is 4.21 Å². The van der Waals surface area contributed by atoms with Crippen molar-refractivity contribution in [2.75, 3.05) is 17.7 Å². The fourth-order valence-corrected chi connectivity index (χ4v) is 3.27. The first kappa shape index (κ1) is 16.6. The molecule has 1 aromatic heterocycles. The summed E-state index contributed by atoms with van der Waals surface area (Å²) in [6.45, 7) is 3.78. The van der Waals surface area contributed by atoms with Crippen molar-refractivity contribution in [2.24, 2.45) is 0 Å². The topological polar surface area (TPSA) is 66.9 Å². The Labute approximate surface area is 136 Å². The third-order valence-electron chi connectivity index (χ3n) is 3.24. The van der Waals surface area contributed by atoms with Crippen LogP contribution in [0.2, 0.25) is 5.02 Å². The highest BCUT2D eigenvalue weighted by molar-refractivity contribution is 8.01. The molecule has 7 heteroatoms. The van der Waals surface area contributed by atoms with E-state index in [1.54, 1.807) is 7.05 Å². The quantitative estimate of drug-likeness (QED) is 0.818. The molecule has 0 bridgehead atoms. The first-order chi connectivity index (χ1) is 10.4. The molecule has 0 radical (unpaired) electrons. The summed E-state index contributed by atoms with van der Waals surface area (Å²) in [4.78, 5) is 8.97. The number of aromatic nitrogens is 2. The van der Waals surface area contributed by atoms with Crippen LogP contribution in [-0.4, -0.2) is 32.3 Å². The number of rotatable bonds is 5. The highest BCUT2D eigenvalue weighted by Gasteiger charge is 2.17. The van der Waals surface area contributed by atoms with Gasteiger partial charge in [0.05, 0.1) is 16.8 Å². The number of hydrogen-bond donors (Lipinski definition) is 2. The molecule has 2 rings (SSSR count). The minimum absolute atomic E-state index is 0.0795. The Morgan fingerprint density at radius 2 is 2.00 bits per heavy atom. The molecule has 0 aliphatic carbocycles. The van der Waals surface area contributed by atoms with Crippen molar-refractivity contribution < 1.29 is 4.21 Å². The summed E-state index contributed by atoms with van der Waals surface area (Å²) in [7, 11) is -0.696. The van der Waals surface area contributed by atoms with Crippen LogP contribution in [0.5, 0.6) is 0 Å². The number of nitrogens with one attached hydrogen (secondary N) is 2. The van der Waals surface area contributed by atoms with E-state index in [1.807, 2.05) is 38.1 Å². The van der Waals surface area contributed by atoms with Crippen molar-refractivity contribution >= 4 is 44.4 Å². The Balaban J connectivity index is 2.48. The smallest absolute Gasteiger partial charge is 0.224 e. The second kappa shape index (κ2) is 6.54. The molecule has 1 heterocycles. The van der Waals surface area contributed by atoms with E-state index in [4.69, 9.17) is 11.6 Å². The Morgan fingerprint density at radius 1 is 1.32 bits per heavy atom. The largest absolute Gasteiger partial charge is 0.357 e. The van der Waals surface area contributed by atoms with Gasteiger partial charge < -0.3 is 10.6 Å². The van der Waals surface area contributed by atoms with Crippen LogP contribution in [-0.2, 0) is 9.52 Å². The van der Waals surface area contributed by atoms with E-state index < -0.39 is 9.52 Å². The van der Waals surface area contributed by atoms with Gasteiger partial charge >= 0.3 is 0 Å². The van der Waals surface area contributed by atoms with Gasteiger partial charge in [0, 0.05) is 21.8 Å². The minimum Gasteiger partial charge on any atom is -0.357 e. The van der Waals surface area contributed by atoms with Gasteiger partial charge in [0.15, 0.2) is 5.82 Å². The molecule has 2 N–H and O–H groups in total. The maximum atomic E-state index is 12.9. The SMILES string of the molecule is C=S(=O)(c1ccccc1Nc1nc(NC)ncc1Cl)C(C)C. The predicted octanol–water partition coefficient (Wildman–Crippen LogP) is 3.40. The van der Waals surface area contributed by atoms with Crippen LogP contribution in [0.3, 0.4) is 0 Å². The summed E-state index contributed by atoms with van der Waals surface area (Å²) < 4.78 is 12.9. The zero-order valence-corrected chi connectivity index (χ0v) is 14.3. The molecule has 2 aromatic rings. The average Bonchev–Trinajstić information content (AvgIpc) is 2.49. The Kier molecular flexibility index (Phi) is 4.93. The molecule has 0 saturated heterocycles. The summed E-state index contributed by atoms with van der Waals surface area (Å²) in [6.07, 6.45) is 1.51. The van der Waals surface area contributed by atoms with Gasteiger partial charge in [-0.3, -0.25) is 4.21 Å². The van der Waals surface area contributed by atoms with Gasteiger partial charge in [0.2, 0.25) is 5.95 Å². The maximum Gasteiger partial charge on any atom is 0.224 e. The molecule has 1 aromatic carbocycles. The van der Waals surface area contributed by atoms with E-state index in [0.29, 0.717) is 27.4 Å². The van der Waals surface area contributed by atoms with Gasteiger partial charge in [-0.1, -0.05) is 37.6 Å².